The summed E-state index contributed by atoms with van der Waals surface area (Å²) >= 11 is 3.40. The van der Waals surface area contributed by atoms with Crippen molar-refractivity contribution in [2.75, 3.05) is 5.32 Å². The average molecular weight is 510 g/mol. The van der Waals surface area contributed by atoms with Gasteiger partial charge < -0.3 is 5.32 Å². The first kappa shape index (κ1) is 21.6. The molecule has 0 saturated carbocycles. The molecule has 0 unspecified atom stereocenters. The number of halogens is 1. The third-order valence-corrected chi connectivity index (χ3v) is 5.79. The fraction of sp³-hybridized carbons (Fsp3) is 0. The molecule has 7 heteroatoms. The van der Waals surface area contributed by atoms with Gasteiger partial charge in [-0.1, -0.05) is 58.4 Å². The van der Waals surface area contributed by atoms with Crippen molar-refractivity contribution in [3.63, 3.8) is 0 Å². The van der Waals surface area contributed by atoms with Gasteiger partial charge in [0.15, 0.2) is 0 Å². The number of carbonyl (C=O) groups is 1. The predicted octanol–water partition coefficient (Wildman–Crippen LogP) is 6.52. The molecule has 34 heavy (non-hydrogen) atoms. The highest BCUT2D eigenvalue weighted by Gasteiger charge is 2.11. The number of aliphatic imine (C=N–C) groups is 1. The van der Waals surface area contributed by atoms with Gasteiger partial charge in [0.2, 0.25) is 5.96 Å². The van der Waals surface area contributed by atoms with Gasteiger partial charge in [-0.2, -0.15) is 5.10 Å². The molecular weight excluding hydrogens is 490 g/mol. The Balaban J connectivity index is 1.44. The van der Waals surface area contributed by atoms with E-state index in [1.165, 1.54) is 0 Å². The van der Waals surface area contributed by atoms with Crippen LogP contribution in [0.5, 0.6) is 0 Å². The number of rotatable bonds is 4. The van der Waals surface area contributed by atoms with Gasteiger partial charge in [0.25, 0.3) is 5.91 Å². The van der Waals surface area contributed by atoms with Crippen LogP contribution in [-0.4, -0.2) is 22.1 Å². The molecule has 1 heterocycles. The number of anilines is 1. The quantitative estimate of drug-likeness (QED) is 0.190. The third kappa shape index (κ3) is 5.05. The molecule has 6 nitrogen and oxygen atoms in total. The minimum Gasteiger partial charge on any atom is -0.326 e. The van der Waals surface area contributed by atoms with E-state index in [0.717, 1.165) is 32.2 Å². The molecule has 1 amide bonds. The molecule has 0 atom stereocenters. The van der Waals surface area contributed by atoms with Gasteiger partial charge in [0, 0.05) is 21.1 Å². The van der Waals surface area contributed by atoms with Gasteiger partial charge in [-0.05, 0) is 65.7 Å². The Kier molecular flexibility index (Phi) is 6.18. The highest BCUT2D eigenvalue weighted by molar-refractivity contribution is 9.10. The molecule has 0 aliphatic heterocycles. The molecule has 3 N–H and O–H groups in total. The van der Waals surface area contributed by atoms with Crippen LogP contribution in [0.3, 0.4) is 0 Å². The summed E-state index contributed by atoms with van der Waals surface area (Å²) in [4.78, 5) is 17.6. The topological polar surface area (TPSA) is 82.2 Å². The van der Waals surface area contributed by atoms with Crippen LogP contribution in [0.15, 0.2) is 113 Å². The van der Waals surface area contributed by atoms with E-state index in [4.69, 9.17) is 0 Å². The summed E-state index contributed by atoms with van der Waals surface area (Å²) < 4.78 is 0.906. The van der Waals surface area contributed by atoms with Crippen LogP contribution < -0.4 is 10.6 Å². The number of H-pyrrole nitrogens is 1. The monoisotopic (exact) mass is 509 g/mol. The molecule has 0 saturated heterocycles. The van der Waals surface area contributed by atoms with Crippen molar-refractivity contribution in [3.05, 3.63) is 113 Å². The highest BCUT2D eigenvalue weighted by atomic mass is 79.9. The summed E-state index contributed by atoms with van der Waals surface area (Å²) in [5, 5.41) is 14.1. The smallest absolute Gasteiger partial charge is 0.257 e. The van der Waals surface area contributed by atoms with Crippen molar-refractivity contribution < 1.29 is 4.79 Å². The second-order valence-electron chi connectivity index (χ2n) is 7.63. The molecule has 4 aromatic carbocycles. The second kappa shape index (κ2) is 9.72. The lowest BCUT2D eigenvalue weighted by Gasteiger charge is -2.12. The van der Waals surface area contributed by atoms with Crippen molar-refractivity contribution in [1.82, 2.24) is 15.5 Å². The van der Waals surface area contributed by atoms with E-state index < -0.39 is 0 Å². The van der Waals surface area contributed by atoms with Gasteiger partial charge in [-0.25, -0.2) is 4.99 Å². The first-order valence-electron chi connectivity index (χ1n) is 10.7. The summed E-state index contributed by atoms with van der Waals surface area (Å²) in [5.41, 5.74) is 5.18. The molecule has 166 valence electrons. The minimum atomic E-state index is -0.260. The molecule has 0 bridgehead atoms. The predicted molar refractivity (Wildman–Crippen MR) is 140 cm³/mol. The average Bonchev–Trinajstić information content (AvgIpc) is 3.33. The van der Waals surface area contributed by atoms with E-state index >= 15 is 0 Å². The van der Waals surface area contributed by atoms with Crippen LogP contribution in [-0.2, 0) is 0 Å². The molecule has 0 spiro atoms. The van der Waals surface area contributed by atoms with Gasteiger partial charge >= 0.3 is 0 Å². The Hall–Kier alpha value is -4.23. The van der Waals surface area contributed by atoms with Gasteiger partial charge in [0.05, 0.1) is 17.4 Å². The molecule has 0 aliphatic rings. The number of nitrogens with one attached hydrogen (secondary N) is 3. The van der Waals surface area contributed by atoms with E-state index in [1.54, 1.807) is 18.3 Å². The summed E-state index contributed by atoms with van der Waals surface area (Å²) in [6.07, 6.45) is 1.75. The molecule has 5 aromatic rings. The van der Waals surface area contributed by atoms with E-state index in [1.807, 2.05) is 72.8 Å². The van der Waals surface area contributed by atoms with E-state index in [0.29, 0.717) is 17.2 Å². The van der Waals surface area contributed by atoms with Crippen LogP contribution in [0, 0.1) is 0 Å². The van der Waals surface area contributed by atoms with Crippen LogP contribution in [0.25, 0.3) is 22.0 Å². The fourth-order valence-corrected chi connectivity index (χ4v) is 3.78. The lowest BCUT2D eigenvalue weighted by molar-refractivity contribution is 0.0977. The number of hydrogen-bond donors (Lipinski definition) is 3. The van der Waals surface area contributed by atoms with E-state index in [-0.39, 0.29) is 5.91 Å². The fourth-order valence-electron chi connectivity index (χ4n) is 3.51. The summed E-state index contributed by atoms with van der Waals surface area (Å²) in [5.74, 6) is 0.0623. The zero-order valence-electron chi connectivity index (χ0n) is 18.0. The first-order valence-corrected chi connectivity index (χ1v) is 11.4. The Labute approximate surface area is 204 Å². The normalized spacial score (nSPS) is 11.4. The SMILES string of the molecule is O=C(NC(=Nc1ccc(-c2ccccc2)cc1)Nc1ccc2[nH]ncc2c1)c1ccc(Br)cc1. The maximum Gasteiger partial charge on any atom is 0.257 e. The number of carbonyl (C=O) groups excluding carboxylic acids is 1. The Bertz CT molecular complexity index is 1460. The highest BCUT2D eigenvalue weighted by Crippen LogP contribution is 2.23. The molecule has 0 aliphatic carbocycles. The molecule has 0 fully saturated rings. The van der Waals surface area contributed by atoms with Crippen molar-refractivity contribution in [2.45, 2.75) is 0 Å². The van der Waals surface area contributed by atoms with Crippen molar-refractivity contribution >= 4 is 50.1 Å². The molecule has 5 rings (SSSR count). The van der Waals surface area contributed by atoms with Crippen molar-refractivity contribution in [2.24, 2.45) is 4.99 Å². The second-order valence-corrected chi connectivity index (χ2v) is 8.55. The summed E-state index contributed by atoms with van der Waals surface area (Å²) in [7, 11) is 0. The van der Waals surface area contributed by atoms with Crippen LogP contribution >= 0.6 is 15.9 Å². The number of fused-ring (bicyclic) bond motifs is 1. The minimum absolute atomic E-state index is 0.260. The Morgan fingerprint density at radius 1 is 0.853 bits per heavy atom. The van der Waals surface area contributed by atoms with Crippen LogP contribution in [0.2, 0.25) is 0 Å². The maximum atomic E-state index is 12.9. The number of amides is 1. The lowest BCUT2D eigenvalue weighted by atomic mass is 10.1. The number of benzene rings is 4. The molecular formula is C27H20BrN5O. The van der Waals surface area contributed by atoms with Crippen molar-refractivity contribution in [3.8, 4) is 11.1 Å². The van der Waals surface area contributed by atoms with Crippen LogP contribution in [0.1, 0.15) is 10.4 Å². The zero-order chi connectivity index (χ0) is 23.3. The lowest BCUT2D eigenvalue weighted by Crippen LogP contribution is -2.35. The molecule has 0 radical (unpaired) electrons. The summed E-state index contributed by atoms with van der Waals surface area (Å²) in [6.45, 7) is 0. The number of nitrogens with zero attached hydrogens (tertiary/aromatic N) is 2. The summed E-state index contributed by atoms with van der Waals surface area (Å²) in [6, 6.07) is 31.0. The van der Waals surface area contributed by atoms with Crippen molar-refractivity contribution in [1.29, 1.82) is 0 Å². The largest absolute Gasteiger partial charge is 0.326 e. The van der Waals surface area contributed by atoms with E-state index in [2.05, 4.69) is 53.9 Å². The number of aromatic nitrogens is 2. The Morgan fingerprint density at radius 2 is 1.59 bits per heavy atom. The van der Waals surface area contributed by atoms with Crippen LogP contribution in [0.4, 0.5) is 11.4 Å². The van der Waals surface area contributed by atoms with Gasteiger partial charge in [0.1, 0.15) is 0 Å². The first-order chi connectivity index (χ1) is 16.6. The number of hydrogen-bond acceptors (Lipinski definition) is 3. The third-order valence-electron chi connectivity index (χ3n) is 5.26. The Morgan fingerprint density at radius 3 is 2.35 bits per heavy atom. The number of aromatic amines is 1. The number of guanidine groups is 1. The van der Waals surface area contributed by atoms with Gasteiger partial charge in [-0.3, -0.25) is 15.2 Å². The standard InChI is InChI=1S/C27H20BrN5O/c28-22-10-6-20(7-11-22)26(34)32-27(31-24-14-15-25-21(16-24)17-29-33-25)30-23-12-8-19(9-13-23)18-4-2-1-3-5-18/h1-17H,(H,29,33)(H2,30,31,32,34). The van der Waals surface area contributed by atoms with Gasteiger partial charge in [-0.15, -0.1) is 0 Å². The molecule has 1 aromatic heterocycles. The zero-order valence-corrected chi connectivity index (χ0v) is 19.6. The maximum absolute atomic E-state index is 12.9. The van der Waals surface area contributed by atoms with E-state index in [9.17, 15) is 4.79 Å².